The third kappa shape index (κ3) is 5.48. The number of fused-ring (bicyclic) bond motifs is 7. The summed E-state index contributed by atoms with van der Waals surface area (Å²) in [5.41, 5.74) is 9.61. The molecule has 9 aromatic carbocycles. The van der Waals surface area contributed by atoms with Crippen molar-refractivity contribution in [1.82, 2.24) is 9.97 Å². The van der Waals surface area contributed by atoms with E-state index in [-0.39, 0.29) is 0 Å². The van der Waals surface area contributed by atoms with Gasteiger partial charge < -0.3 is 0 Å². The first-order valence-electron chi connectivity index (χ1n) is 18.6. The molecule has 0 aliphatic heterocycles. The largest absolute Gasteiger partial charge is 0.228 e. The van der Waals surface area contributed by atoms with Crippen molar-refractivity contribution in [2.24, 2.45) is 0 Å². The summed E-state index contributed by atoms with van der Waals surface area (Å²) in [6, 6.07) is 69.9. The van der Waals surface area contributed by atoms with E-state index in [2.05, 4.69) is 188 Å². The number of hydrogen-bond acceptors (Lipinski definition) is 3. The lowest BCUT2D eigenvalue weighted by atomic mass is 9.92. The summed E-state index contributed by atoms with van der Waals surface area (Å²) in [7, 11) is 0. The van der Waals surface area contributed by atoms with Gasteiger partial charge in [-0.1, -0.05) is 152 Å². The van der Waals surface area contributed by atoms with Crippen LogP contribution in [0.1, 0.15) is 0 Å². The molecule has 2 heterocycles. The number of hydrogen-bond donors (Lipinski definition) is 0. The van der Waals surface area contributed by atoms with Crippen molar-refractivity contribution in [3.8, 4) is 56.2 Å². The van der Waals surface area contributed by atoms with Gasteiger partial charge in [-0.3, -0.25) is 0 Å². The van der Waals surface area contributed by atoms with Crippen LogP contribution in [0.5, 0.6) is 0 Å². The van der Waals surface area contributed by atoms with E-state index in [9.17, 15) is 0 Å². The van der Waals surface area contributed by atoms with Gasteiger partial charge in [0, 0.05) is 36.9 Å². The quantitative estimate of drug-likeness (QED) is 0.166. The molecular formula is C52H32N2S. The number of nitrogens with zero attached hydrogens (tertiary/aromatic N) is 2. The van der Waals surface area contributed by atoms with E-state index >= 15 is 0 Å². The van der Waals surface area contributed by atoms with E-state index in [0.29, 0.717) is 5.82 Å². The average molecular weight is 717 g/mol. The van der Waals surface area contributed by atoms with Crippen molar-refractivity contribution in [2.45, 2.75) is 0 Å². The highest BCUT2D eigenvalue weighted by Gasteiger charge is 2.18. The molecule has 0 aliphatic carbocycles. The molecule has 55 heavy (non-hydrogen) atoms. The Labute approximate surface area is 322 Å². The summed E-state index contributed by atoms with van der Waals surface area (Å²) >= 11 is 1.86. The molecule has 0 saturated carbocycles. The third-order valence-corrected chi connectivity index (χ3v) is 12.0. The molecule has 0 spiro atoms. The van der Waals surface area contributed by atoms with Crippen molar-refractivity contribution >= 4 is 63.8 Å². The van der Waals surface area contributed by atoms with Gasteiger partial charge in [0.25, 0.3) is 0 Å². The van der Waals surface area contributed by atoms with E-state index in [0.717, 1.165) is 39.2 Å². The first-order valence-corrected chi connectivity index (χ1v) is 19.5. The van der Waals surface area contributed by atoms with Gasteiger partial charge >= 0.3 is 0 Å². The molecule has 0 bridgehead atoms. The van der Waals surface area contributed by atoms with Crippen LogP contribution in [0.25, 0.3) is 109 Å². The van der Waals surface area contributed by atoms with Crippen LogP contribution in [0.4, 0.5) is 0 Å². The number of benzene rings is 9. The standard InChI is InChI=1S/C52H32N2S/c1-2-14-34(15-3-1)52-53-48(32-49(54-52)47-31-37-17-6-7-18-41(37)43-19-8-9-20-44(43)47)40-29-38(36-26-25-33-13-4-5-16-35(33)27-36)28-39(30-40)42-22-12-23-46-45-21-10-11-24-50(45)55-51(42)46/h1-32H. The van der Waals surface area contributed by atoms with Crippen LogP contribution in [0.15, 0.2) is 194 Å². The smallest absolute Gasteiger partial charge is 0.160 e. The minimum absolute atomic E-state index is 0.703. The monoisotopic (exact) mass is 716 g/mol. The summed E-state index contributed by atoms with van der Waals surface area (Å²) in [4.78, 5) is 10.7. The molecule has 11 aromatic rings. The predicted octanol–water partition coefficient (Wildman–Crippen LogP) is 14.6. The van der Waals surface area contributed by atoms with Crippen molar-refractivity contribution in [2.75, 3.05) is 0 Å². The minimum atomic E-state index is 0.703. The van der Waals surface area contributed by atoms with Gasteiger partial charge in [0.05, 0.1) is 11.4 Å². The molecule has 0 aliphatic rings. The molecule has 0 amide bonds. The van der Waals surface area contributed by atoms with E-state index in [1.807, 2.05) is 17.4 Å². The van der Waals surface area contributed by atoms with Gasteiger partial charge in [0.15, 0.2) is 5.82 Å². The van der Waals surface area contributed by atoms with Gasteiger partial charge in [-0.2, -0.15) is 0 Å². The van der Waals surface area contributed by atoms with Crippen LogP contribution in [-0.2, 0) is 0 Å². The van der Waals surface area contributed by atoms with Crippen LogP contribution >= 0.6 is 11.3 Å². The molecule has 0 saturated heterocycles. The summed E-state index contributed by atoms with van der Waals surface area (Å²) in [5, 5.41) is 9.85. The third-order valence-electron chi connectivity index (χ3n) is 10.8. The van der Waals surface area contributed by atoms with Crippen molar-refractivity contribution in [1.29, 1.82) is 0 Å². The molecule has 0 radical (unpaired) electrons. The maximum absolute atomic E-state index is 5.35. The lowest BCUT2D eigenvalue weighted by molar-refractivity contribution is 1.19. The molecule has 2 aromatic heterocycles. The van der Waals surface area contributed by atoms with E-state index in [1.165, 1.54) is 63.6 Å². The maximum atomic E-state index is 5.35. The first kappa shape index (κ1) is 31.6. The highest BCUT2D eigenvalue weighted by Crippen LogP contribution is 2.43. The Kier molecular flexibility index (Phi) is 7.39. The topological polar surface area (TPSA) is 25.8 Å². The molecular weight excluding hydrogens is 685 g/mol. The van der Waals surface area contributed by atoms with Crippen molar-refractivity contribution in [3.05, 3.63) is 194 Å². The first-order chi connectivity index (χ1) is 27.2. The highest BCUT2D eigenvalue weighted by atomic mass is 32.1. The average Bonchev–Trinajstić information content (AvgIpc) is 3.65. The van der Waals surface area contributed by atoms with Crippen LogP contribution in [0, 0.1) is 0 Å². The normalized spacial score (nSPS) is 11.6. The van der Waals surface area contributed by atoms with Crippen LogP contribution in [-0.4, -0.2) is 9.97 Å². The summed E-state index contributed by atoms with van der Waals surface area (Å²) in [6.45, 7) is 0. The maximum Gasteiger partial charge on any atom is 0.160 e. The van der Waals surface area contributed by atoms with Crippen LogP contribution in [0.2, 0.25) is 0 Å². The Hall–Kier alpha value is -6.94. The number of rotatable bonds is 5. The molecule has 0 unspecified atom stereocenters. The summed E-state index contributed by atoms with van der Waals surface area (Å²) in [5.74, 6) is 0.703. The fraction of sp³-hybridized carbons (Fsp3) is 0. The van der Waals surface area contributed by atoms with Crippen LogP contribution < -0.4 is 0 Å². The zero-order valence-electron chi connectivity index (χ0n) is 29.8. The molecule has 256 valence electrons. The predicted molar refractivity (Wildman–Crippen MR) is 235 cm³/mol. The fourth-order valence-electron chi connectivity index (χ4n) is 8.16. The zero-order chi connectivity index (χ0) is 36.3. The van der Waals surface area contributed by atoms with E-state index in [4.69, 9.17) is 9.97 Å². The highest BCUT2D eigenvalue weighted by molar-refractivity contribution is 7.26. The van der Waals surface area contributed by atoms with Crippen molar-refractivity contribution < 1.29 is 0 Å². The minimum Gasteiger partial charge on any atom is -0.228 e. The molecule has 2 nitrogen and oxygen atoms in total. The Morgan fingerprint density at radius 2 is 0.964 bits per heavy atom. The SMILES string of the molecule is c1ccc(-c2nc(-c3cc(-c4ccc5ccccc5c4)cc(-c4cccc5c4sc4ccccc45)c3)cc(-c3cc4ccccc4c4ccccc34)n2)cc1. The Bertz CT molecular complexity index is 3270. The van der Waals surface area contributed by atoms with Crippen molar-refractivity contribution in [3.63, 3.8) is 0 Å². The Morgan fingerprint density at radius 3 is 1.84 bits per heavy atom. The Balaban J connectivity index is 1.19. The lowest BCUT2D eigenvalue weighted by Crippen LogP contribution is -1.97. The number of aromatic nitrogens is 2. The van der Waals surface area contributed by atoms with Gasteiger partial charge in [0.1, 0.15) is 0 Å². The van der Waals surface area contributed by atoms with Gasteiger partial charge in [-0.05, 0) is 97.0 Å². The second-order valence-corrected chi connectivity index (χ2v) is 15.2. The fourth-order valence-corrected chi connectivity index (χ4v) is 9.39. The molecule has 0 atom stereocenters. The van der Waals surface area contributed by atoms with Gasteiger partial charge in [-0.25, -0.2) is 9.97 Å². The summed E-state index contributed by atoms with van der Waals surface area (Å²) < 4.78 is 2.59. The molecule has 0 fully saturated rings. The molecule has 11 rings (SSSR count). The van der Waals surface area contributed by atoms with E-state index in [1.54, 1.807) is 0 Å². The molecule has 3 heteroatoms. The second kappa shape index (κ2) is 12.9. The van der Waals surface area contributed by atoms with E-state index < -0.39 is 0 Å². The number of thiophene rings is 1. The van der Waals surface area contributed by atoms with Gasteiger partial charge in [0.2, 0.25) is 0 Å². The Morgan fingerprint density at radius 1 is 0.309 bits per heavy atom. The summed E-state index contributed by atoms with van der Waals surface area (Å²) in [6.07, 6.45) is 0. The van der Waals surface area contributed by atoms with Gasteiger partial charge in [-0.15, -0.1) is 11.3 Å². The zero-order valence-corrected chi connectivity index (χ0v) is 30.6. The van der Waals surface area contributed by atoms with Crippen LogP contribution in [0.3, 0.4) is 0 Å². The molecule has 0 N–H and O–H groups in total. The lowest BCUT2D eigenvalue weighted by Gasteiger charge is -2.15. The second-order valence-electron chi connectivity index (χ2n) is 14.2.